The zero-order valence-corrected chi connectivity index (χ0v) is 17.1. The molecule has 152 valence electrons. The van der Waals surface area contributed by atoms with Crippen molar-refractivity contribution < 1.29 is 13.9 Å². The number of hydrogen-bond donors (Lipinski definition) is 2. The predicted octanol–water partition coefficient (Wildman–Crippen LogP) is 3.68. The Labute approximate surface area is 173 Å². The van der Waals surface area contributed by atoms with Gasteiger partial charge in [-0.1, -0.05) is 18.2 Å². The molecule has 2 aromatic carbocycles. The molecule has 29 heavy (non-hydrogen) atoms. The van der Waals surface area contributed by atoms with Gasteiger partial charge in [0.15, 0.2) is 5.78 Å². The van der Waals surface area contributed by atoms with Crippen LogP contribution >= 0.6 is 11.5 Å². The summed E-state index contributed by atoms with van der Waals surface area (Å²) in [5, 5.41) is 3.76. The van der Waals surface area contributed by atoms with Crippen LogP contribution in [0, 0.1) is 5.82 Å². The molecule has 0 aliphatic carbocycles. The molecule has 2 atom stereocenters. The molecule has 0 aliphatic rings. The second-order valence-corrected chi connectivity index (χ2v) is 7.50. The molecule has 3 N–H and O–H groups in total. The number of methoxy groups -OCH3 is 1. The van der Waals surface area contributed by atoms with Gasteiger partial charge in [-0.3, -0.25) is 4.79 Å². The zero-order chi connectivity index (χ0) is 20.8. The van der Waals surface area contributed by atoms with E-state index < -0.39 is 0 Å². The van der Waals surface area contributed by atoms with Crippen LogP contribution in [0.4, 0.5) is 9.52 Å². The lowest BCUT2D eigenvalue weighted by atomic mass is 10.00. The molecule has 1 aromatic heterocycles. The molecule has 3 aromatic rings. The van der Waals surface area contributed by atoms with Crippen LogP contribution in [0.1, 0.15) is 35.1 Å². The lowest BCUT2D eigenvalue weighted by molar-refractivity contribution is 0.0974. The van der Waals surface area contributed by atoms with Crippen molar-refractivity contribution in [1.29, 1.82) is 0 Å². The van der Waals surface area contributed by atoms with Crippen LogP contribution in [0.15, 0.2) is 48.5 Å². The number of ketones is 1. The fourth-order valence-electron chi connectivity index (χ4n) is 2.82. The Hall–Kier alpha value is -2.84. The van der Waals surface area contributed by atoms with E-state index in [-0.39, 0.29) is 30.1 Å². The van der Waals surface area contributed by atoms with E-state index in [9.17, 15) is 9.18 Å². The first-order chi connectivity index (χ1) is 14.0. The quantitative estimate of drug-likeness (QED) is 0.519. The number of halogens is 1. The predicted molar refractivity (Wildman–Crippen MR) is 112 cm³/mol. The van der Waals surface area contributed by atoms with E-state index in [0.29, 0.717) is 34.3 Å². The maximum Gasteiger partial charge on any atom is 0.202 e. The number of nitrogens with one attached hydrogen (secondary N) is 1. The Bertz CT molecular complexity index is 959. The molecule has 8 heteroatoms. The summed E-state index contributed by atoms with van der Waals surface area (Å²) in [5.41, 5.74) is 7.21. The van der Waals surface area contributed by atoms with Gasteiger partial charge >= 0.3 is 0 Å². The minimum Gasteiger partial charge on any atom is -0.497 e. The summed E-state index contributed by atoms with van der Waals surface area (Å²) in [7, 11) is 1.58. The Morgan fingerprint density at radius 2 is 1.97 bits per heavy atom. The zero-order valence-electron chi connectivity index (χ0n) is 16.3. The van der Waals surface area contributed by atoms with Crippen LogP contribution in [0.3, 0.4) is 0 Å². The highest BCUT2D eigenvalue weighted by Gasteiger charge is 2.21. The fourth-order valence-corrected chi connectivity index (χ4v) is 3.47. The average molecular weight is 415 g/mol. The van der Waals surface area contributed by atoms with Crippen molar-refractivity contribution in [2.75, 3.05) is 12.4 Å². The van der Waals surface area contributed by atoms with Crippen LogP contribution in [-0.4, -0.2) is 34.3 Å². The number of hydrogen-bond acceptors (Lipinski definition) is 7. The number of rotatable bonds is 9. The Balaban J connectivity index is 1.65. The van der Waals surface area contributed by atoms with Crippen LogP contribution in [0.25, 0.3) is 0 Å². The topological polar surface area (TPSA) is 90.1 Å². The van der Waals surface area contributed by atoms with Gasteiger partial charge in [-0.15, -0.1) is 0 Å². The average Bonchev–Trinajstić information content (AvgIpc) is 3.16. The molecular formula is C21H23FN4O2S. The molecular weight excluding hydrogens is 391 g/mol. The van der Waals surface area contributed by atoms with Gasteiger partial charge in [-0.2, -0.15) is 4.37 Å². The molecule has 0 bridgehead atoms. The first-order valence-corrected chi connectivity index (χ1v) is 9.99. The minimum atomic E-state index is -0.307. The van der Waals surface area contributed by atoms with Gasteiger partial charge in [0.05, 0.1) is 13.2 Å². The fraction of sp³-hybridized carbons (Fsp3) is 0.286. The first kappa shape index (κ1) is 20.9. The summed E-state index contributed by atoms with van der Waals surface area (Å²) >= 11 is 1.17. The van der Waals surface area contributed by atoms with Gasteiger partial charge in [0.1, 0.15) is 17.4 Å². The number of benzene rings is 2. The third kappa shape index (κ3) is 5.58. The maximum atomic E-state index is 13.8. The molecule has 0 fully saturated rings. The Kier molecular flexibility index (Phi) is 6.90. The normalized spacial score (nSPS) is 13.0. The Morgan fingerprint density at radius 3 is 2.62 bits per heavy atom. The van der Waals surface area contributed by atoms with Crippen molar-refractivity contribution in [1.82, 2.24) is 9.36 Å². The molecule has 0 amide bonds. The number of anilines is 1. The number of carbonyl (C=O) groups is 1. The van der Waals surface area contributed by atoms with E-state index in [1.54, 1.807) is 49.6 Å². The van der Waals surface area contributed by atoms with E-state index in [0.717, 1.165) is 0 Å². The van der Waals surface area contributed by atoms with Crippen LogP contribution in [0.2, 0.25) is 0 Å². The van der Waals surface area contributed by atoms with Crippen molar-refractivity contribution in [2.24, 2.45) is 5.73 Å². The highest BCUT2D eigenvalue weighted by Crippen LogP contribution is 2.19. The molecule has 6 nitrogen and oxygen atoms in total. The first-order valence-electron chi connectivity index (χ1n) is 9.21. The Morgan fingerprint density at radius 1 is 1.24 bits per heavy atom. The second kappa shape index (κ2) is 9.58. The van der Waals surface area contributed by atoms with Gasteiger partial charge < -0.3 is 15.8 Å². The summed E-state index contributed by atoms with van der Waals surface area (Å²) in [4.78, 5) is 17.0. The summed E-state index contributed by atoms with van der Waals surface area (Å²) < 4.78 is 23.2. The van der Waals surface area contributed by atoms with Crippen LogP contribution in [0.5, 0.6) is 5.75 Å². The smallest absolute Gasteiger partial charge is 0.202 e. The molecule has 0 saturated carbocycles. The minimum absolute atomic E-state index is 0.0291. The van der Waals surface area contributed by atoms with E-state index in [2.05, 4.69) is 14.7 Å². The molecule has 2 unspecified atom stereocenters. The van der Waals surface area contributed by atoms with E-state index in [4.69, 9.17) is 10.5 Å². The largest absolute Gasteiger partial charge is 0.497 e. The van der Waals surface area contributed by atoms with Crippen LogP contribution < -0.4 is 15.8 Å². The number of nitrogens with two attached hydrogens (primary N) is 1. The van der Waals surface area contributed by atoms with E-state index in [1.807, 2.05) is 6.92 Å². The van der Waals surface area contributed by atoms with Crippen molar-refractivity contribution in [3.05, 3.63) is 71.3 Å². The SMILES string of the molecule is COc1ccc(C(=O)CC(Nc2nc(Cc3ccccc3F)ns2)C(C)N)cc1. The van der Waals surface area contributed by atoms with Gasteiger partial charge in [-0.25, -0.2) is 9.37 Å². The van der Waals surface area contributed by atoms with E-state index in [1.165, 1.54) is 17.6 Å². The molecule has 0 spiro atoms. The molecule has 1 heterocycles. The maximum absolute atomic E-state index is 13.8. The number of ether oxygens (including phenoxy) is 1. The summed E-state index contributed by atoms with van der Waals surface area (Å²) in [6.07, 6.45) is 0.519. The summed E-state index contributed by atoms with van der Waals surface area (Å²) in [5.74, 6) is 0.904. The van der Waals surface area contributed by atoms with Crippen molar-refractivity contribution >= 4 is 22.4 Å². The number of aromatic nitrogens is 2. The number of nitrogens with zero attached hydrogens (tertiary/aromatic N) is 2. The van der Waals surface area contributed by atoms with Gasteiger partial charge in [0.25, 0.3) is 0 Å². The number of Topliss-reactive ketones (excluding diaryl/α,β-unsaturated/α-hetero) is 1. The standard InChI is InChI=1S/C21H23FN4O2S/c1-13(23)18(12-19(27)14-7-9-16(28-2)10-8-14)24-21-25-20(26-29-21)11-15-5-3-4-6-17(15)22/h3-10,13,18H,11-12,23H2,1-2H3,(H,24,25,26). The molecule has 0 saturated heterocycles. The summed E-state index contributed by atoms with van der Waals surface area (Å²) in [6, 6.07) is 12.9. The van der Waals surface area contributed by atoms with Crippen molar-refractivity contribution in [3.63, 3.8) is 0 Å². The molecule has 0 radical (unpaired) electrons. The van der Waals surface area contributed by atoms with Crippen molar-refractivity contribution in [2.45, 2.75) is 31.8 Å². The summed E-state index contributed by atoms with van der Waals surface area (Å²) in [6.45, 7) is 1.83. The van der Waals surface area contributed by atoms with Gasteiger partial charge in [-0.05, 0) is 42.8 Å². The van der Waals surface area contributed by atoms with E-state index >= 15 is 0 Å². The van der Waals surface area contributed by atoms with Crippen LogP contribution in [-0.2, 0) is 6.42 Å². The third-order valence-corrected chi connectivity index (χ3v) is 5.22. The molecule has 3 rings (SSSR count). The lowest BCUT2D eigenvalue weighted by Crippen LogP contribution is -2.39. The van der Waals surface area contributed by atoms with Crippen molar-refractivity contribution in [3.8, 4) is 5.75 Å². The highest BCUT2D eigenvalue weighted by molar-refractivity contribution is 7.09. The highest BCUT2D eigenvalue weighted by atomic mass is 32.1. The molecule has 0 aliphatic heterocycles. The lowest BCUT2D eigenvalue weighted by Gasteiger charge is -2.21. The second-order valence-electron chi connectivity index (χ2n) is 6.75. The third-order valence-electron chi connectivity index (χ3n) is 4.54. The van der Waals surface area contributed by atoms with Gasteiger partial charge in [0.2, 0.25) is 5.13 Å². The monoisotopic (exact) mass is 414 g/mol. The van der Waals surface area contributed by atoms with Gasteiger partial charge in [0, 0.05) is 36.0 Å². The number of carbonyl (C=O) groups excluding carboxylic acids is 1.